The average Bonchev–Trinajstić information content (AvgIpc) is 3.25. The smallest absolute Gasteiger partial charge is 0.261 e. The van der Waals surface area contributed by atoms with Crippen LogP contribution in [0.5, 0.6) is 0 Å². The molecule has 0 fully saturated rings. The van der Waals surface area contributed by atoms with Crippen molar-refractivity contribution in [2.75, 3.05) is 18.5 Å². The molecule has 29 heavy (non-hydrogen) atoms. The molecule has 0 bridgehead atoms. The van der Waals surface area contributed by atoms with E-state index in [2.05, 4.69) is 5.32 Å². The Morgan fingerprint density at radius 3 is 2.28 bits per heavy atom. The van der Waals surface area contributed by atoms with Crippen molar-refractivity contribution in [1.29, 1.82) is 0 Å². The Kier molecular flexibility index (Phi) is 4.88. The van der Waals surface area contributed by atoms with Gasteiger partial charge in [0.15, 0.2) is 0 Å². The van der Waals surface area contributed by atoms with E-state index in [4.69, 9.17) is 0 Å². The first kappa shape index (κ1) is 18.9. The number of anilines is 1. The number of carbonyl (C=O) groups excluding carboxylic acids is 4. The number of fused-ring (bicyclic) bond motifs is 2. The molecule has 2 aromatic rings. The zero-order valence-electron chi connectivity index (χ0n) is 16.1. The van der Waals surface area contributed by atoms with Gasteiger partial charge in [0, 0.05) is 32.1 Å². The number of nitrogens with one attached hydrogen (secondary N) is 1. The Morgan fingerprint density at radius 1 is 1.00 bits per heavy atom. The molecule has 4 rings (SSSR count). The summed E-state index contributed by atoms with van der Waals surface area (Å²) < 4.78 is 0. The zero-order chi connectivity index (χ0) is 20.5. The highest BCUT2D eigenvalue weighted by Crippen LogP contribution is 2.33. The van der Waals surface area contributed by atoms with E-state index in [1.165, 1.54) is 9.80 Å². The van der Waals surface area contributed by atoms with Crippen LogP contribution in [0.2, 0.25) is 0 Å². The lowest BCUT2D eigenvalue weighted by atomic mass is 10.1. The van der Waals surface area contributed by atoms with Gasteiger partial charge >= 0.3 is 0 Å². The zero-order valence-corrected chi connectivity index (χ0v) is 16.1. The van der Waals surface area contributed by atoms with E-state index in [1.54, 1.807) is 31.3 Å². The average molecular weight is 391 g/mol. The largest absolute Gasteiger partial charge is 0.357 e. The Bertz CT molecular complexity index is 982. The van der Waals surface area contributed by atoms with Crippen molar-refractivity contribution in [3.63, 3.8) is 0 Å². The molecule has 2 aromatic carbocycles. The summed E-state index contributed by atoms with van der Waals surface area (Å²) in [5.41, 5.74) is 2.50. The van der Waals surface area contributed by atoms with E-state index in [-0.39, 0.29) is 36.6 Å². The van der Waals surface area contributed by atoms with Crippen LogP contribution < -0.4 is 10.2 Å². The first-order valence-electron chi connectivity index (χ1n) is 9.59. The SMILES string of the molecule is CNC(=O)[C@H]1Cc2ccccc2N1C(=O)CCCN1C(=O)c2ccccc2C1=O. The van der Waals surface area contributed by atoms with Gasteiger partial charge in [0.05, 0.1) is 11.1 Å². The van der Waals surface area contributed by atoms with Crippen LogP contribution in [-0.2, 0) is 16.0 Å². The molecule has 0 spiro atoms. The summed E-state index contributed by atoms with van der Waals surface area (Å²) in [7, 11) is 1.55. The third kappa shape index (κ3) is 3.18. The van der Waals surface area contributed by atoms with Crippen LogP contribution in [0.1, 0.15) is 39.1 Å². The van der Waals surface area contributed by atoms with Crippen molar-refractivity contribution in [2.24, 2.45) is 0 Å². The second-order valence-corrected chi connectivity index (χ2v) is 7.14. The molecule has 0 unspecified atom stereocenters. The Hall–Kier alpha value is -3.48. The highest BCUT2D eigenvalue weighted by molar-refractivity contribution is 6.21. The first-order chi connectivity index (χ1) is 14.0. The van der Waals surface area contributed by atoms with E-state index in [9.17, 15) is 19.2 Å². The normalized spacial score (nSPS) is 17.3. The number of para-hydroxylation sites is 1. The van der Waals surface area contributed by atoms with Gasteiger partial charge in [-0.05, 0) is 30.2 Å². The third-order valence-electron chi connectivity index (χ3n) is 5.44. The topological polar surface area (TPSA) is 86.8 Å². The number of rotatable bonds is 5. The summed E-state index contributed by atoms with van der Waals surface area (Å²) in [4.78, 5) is 52.8. The van der Waals surface area contributed by atoms with Crippen LogP contribution >= 0.6 is 0 Å². The highest BCUT2D eigenvalue weighted by Gasteiger charge is 2.38. The quantitative estimate of drug-likeness (QED) is 0.787. The number of nitrogens with zero attached hydrogens (tertiary/aromatic N) is 2. The Balaban J connectivity index is 1.44. The molecule has 0 aliphatic carbocycles. The van der Waals surface area contributed by atoms with Crippen LogP contribution in [0.3, 0.4) is 0 Å². The van der Waals surface area contributed by atoms with Gasteiger partial charge in [0.2, 0.25) is 11.8 Å². The van der Waals surface area contributed by atoms with Gasteiger partial charge < -0.3 is 5.32 Å². The molecular weight excluding hydrogens is 370 g/mol. The number of benzene rings is 2. The van der Waals surface area contributed by atoms with E-state index < -0.39 is 6.04 Å². The van der Waals surface area contributed by atoms with Crippen molar-refractivity contribution in [3.8, 4) is 0 Å². The van der Waals surface area contributed by atoms with E-state index >= 15 is 0 Å². The Morgan fingerprint density at radius 2 is 1.62 bits per heavy atom. The van der Waals surface area contributed by atoms with Crippen LogP contribution in [-0.4, -0.2) is 48.2 Å². The van der Waals surface area contributed by atoms with Crippen LogP contribution in [0.25, 0.3) is 0 Å². The Labute approximate surface area is 168 Å². The predicted octanol–water partition coefficient (Wildman–Crippen LogP) is 1.77. The maximum atomic E-state index is 13.0. The van der Waals surface area contributed by atoms with Crippen molar-refractivity contribution in [2.45, 2.75) is 25.3 Å². The van der Waals surface area contributed by atoms with Gasteiger partial charge in [-0.15, -0.1) is 0 Å². The first-order valence-corrected chi connectivity index (χ1v) is 9.59. The fourth-order valence-corrected chi connectivity index (χ4v) is 4.02. The summed E-state index contributed by atoms with van der Waals surface area (Å²) >= 11 is 0. The van der Waals surface area contributed by atoms with Crippen molar-refractivity contribution in [3.05, 3.63) is 65.2 Å². The van der Waals surface area contributed by atoms with E-state index in [1.807, 2.05) is 24.3 Å². The molecule has 7 heteroatoms. The molecule has 2 heterocycles. The van der Waals surface area contributed by atoms with Crippen LogP contribution in [0, 0.1) is 0 Å². The number of hydrogen-bond donors (Lipinski definition) is 1. The molecule has 1 atom stereocenters. The van der Waals surface area contributed by atoms with Gasteiger partial charge in [-0.3, -0.25) is 29.0 Å². The molecular formula is C22H21N3O4. The van der Waals surface area contributed by atoms with Crippen molar-refractivity contribution < 1.29 is 19.2 Å². The predicted molar refractivity (Wildman–Crippen MR) is 107 cm³/mol. The second-order valence-electron chi connectivity index (χ2n) is 7.14. The minimum atomic E-state index is -0.579. The second kappa shape index (κ2) is 7.50. The number of likely N-dealkylation sites (N-methyl/N-ethyl adjacent to an activating group) is 1. The fraction of sp³-hybridized carbons (Fsp3) is 0.273. The molecule has 0 saturated carbocycles. The summed E-state index contributed by atoms with van der Waals surface area (Å²) in [5.74, 6) is -1.06. The number of hydrogen-bond acceptors (Lipinski definition) is 4. The summed E-state index contributed by atoms with van der Waals surface area (Å²) in [6.07, 6.45) is 0.943. The van der Waals surface area contributed by atoms with E-state index in [0.29, 0.717) is 24.0 Å². The molecule has 148 valence electrons. The van der Waals surface area contributed by atoms with Gasteiger partial charge in [0.25, 0.3) is 11.8 Å². The highest BCUT2D eigenvalue weighted by atomic mass is 16.2. The number of carbonyl (C=O) groups is 4. The molecule has 2 aliphatic heterocycles. The molecule has 4 amide bonds. The molecule has 7 nitrogen and oxygen atoms in total. The lowest BCUT2D eigenvalue weighted by Gasteiger charge is -2.24. The van der Waals surface area contributed by atoms with Gasteiger partial charge in [0.1, 0.15) is 6.04 Å². The van der Waals surface area contributed by atoms with Crippen molar-refractivity contribution in [1.82, 2.24) is 10.2 Å². The van der Waals surface area contributed by atoms with Gasteiger partial charge in [-0.1, -0.05) is 30.3 Å². The van der Waals surface area contributed by atoms with E-state index in [0.717, 1.165) is 11.3 Å². The number of imide groups is 1. The van der Waals surface area contributed by atoms with Crippen LogP contribution in [0.4, 0.5) is 5.69 Å². The lowest BCUT2D eigenvalue weighted by molar-refractivity contribution is -0.125. The molecule has 1 N–H and O–H groups in total. The summed E-state index contributed by atoms with van der Waals surface area (Å²) in [6, 6.07) is 13.6. The fourth-order valence-electron chi connectivity index (χ4n) is 4.02. The van der Waals surface area contributed by atoms with Gasteiger partial charge in [-0.25, -0.2) is 0 Å². The molecule has 0 aromatic heterocycles. The van der Waals surface area contributed by atoms with Crippen LogP contribution in [0.15, 0.2) is 48.5 Å². The third-order valence-corrected chi connectivity index (χ3v) is 5.44. The number of amides is 4. The lowest BCUT2D eigenvalue weighted by Crippen LogP contribution is -2.47. The summed E-state index contributed by atoms with van der Waals surface area (Å²) in [5, 5.41) is 2.62. The minimum absolute atomic E-state index is 0.134. The summed E-state index contributed by atoms with van der Waals surface area (Å²) in [6.45, 7) is 0.165. The molecule has 0 saturated heterocycles. The maximum absolute atomic E-state index is 13.0. The monoisotopic (exact) mass is 391 g/mol. The van der Waals surface area contributed by atoms with Crippen molar-refractivity contribution >= 4 is 29.3 Å². The standard InChI is InChI=1S/C22H21N3O4/c1-23-20(27)18-13-14-7-2-5-10-17(14)25(18)19(26)11-6-12-24-21(28)15-8-3-4-9-16(15)22(24)29/h2-5,7-10,18H,6,11-13H2,1H3,(H,23,27)/t18-/m1/s1. The van der Waals surface area contributed by atoms with Gasteiger partial charge in [-0.2, -0.15) is 0 Å². The molecule has 2 aliphatic rings. The minimum Gasteiger partial charge on any atom is -0.357 e. The molecule has 0 radical (unpaired) electrons. The maximum Gasteiger partial charge on any atom is 0.261 e.